The minimum absolute atomic E-state index is 0.444. The molecule has 0 aromatic rings. The van der Waals surface area contributed by atoms with Crippen molar-refractivity contribution < 1.29 is 41.0 Å². The SMILES string of the molecule is NO[N+](=O)ON.O=[N+]([O-])[Pt][N+](=O)[O-]. The molecule has 0 aliphatic carbocycles. The second kappa shape index (κ2) is 8.70. The van der Waals surface area contributed by atoms with Crippen LogP contribution in [0.5, 0.6) is 0 Å². The maximum absolute atomic E-state index is 9.40. The molecule has 4 N–H and O–H groups in total. The molecule has 0 aliphatic heterocycles. The summed E-state index contributed by atoms with van der Waals surface area (Å²) in [5, 5.41) is 18.0. The number of hydrogen-bond acceptors (Lipinski definition) is 9. The molecule has 0 radical (unpaired) electrons. The molecule has 0 bridgehead atoms. The van der Waals surface area contributed by atoms with Gasteiger partial charge in [-0.3, -0.25) is 0 Å². The first-order valence-corrected chi connectivity index (χ1v) is 4.06. The summed E-state index contributed by atoms with van der Waals surface area (Å²) in [7, 11) is 0. The van der Waals surface area contributed by atoms with E-state index in [2.05, 4.69) is 21.7 Å². The van der Waals surface area contributed by atoms with Crippen LogP contribution in [0.25, 0.3) is 0 Å². The van der Waals surface area contributed by atoms with E-state index in [4.69, 9.17) is 0 Å². The average Bonchev–Trinajstić information content (AvgIpc) is 2.01. The third kappa shape index (κ3) is 18.0. The number of nitro groups is 2. The van der Waals surface area contributed by atoms with Gasteiger partial charge in [0, 0.05) is 0 Å². The van der Waals surface area contributed by atoms with Gasteiger partial charge in [-0.25, -0.2) is 0 Å². The van der Waals surface area contributed by atoms with Gasteiger partial charge in [0.2, 0.25) is 0 Å². The number of nitrogens with zero attached hydrogens (tertiary/aromatic N) is 3. The van der Waals surface area contributed by atoms with E-state index in [1.54, 1.807) is 0 Å². The summed E-state index contributed by atoms with van der Waals surface area (Å²) >= 11 is -2.06. The van der Waals surface area contributed by atoms with Crippen LogP contribution in [0.3, 0.4) is 0 Å². The van der Waals surface area contributed by atoms with Crippen LogP contribution in [0, 0.1) is 25.1 Å². The van der Waals surface area contributed by atoms with Crippen molar-refractivity contribution in [2.45, 2.75) is 0 Å². The van der Waals surface area contributed by atoms with E-state index in [0.717, 1.165) is 0 Å². The molecular formula is H4N5O7Pt+. The number of hydrogen-bond donors (Lipinski definition) is 2. The van der Waals surface area contributed by atoms with Crippen molar-refractivity contribution in [2.75, 3.05) is 0 Å². The number of rotatable bonds is 4. The van der Waals surface area contributed by atoms with Crippen molar-refractivity contribution in [3.63, 3.8) is 0 Å². The molecule has 0 amide bonds. The normalized spacial score (nSPS) is 7.85. The molecule has 0 atom stereocenters. The van der Waals surface area contributed by atoms with E-state index < -0.39 is 31.1 Å². The Labute approximate surface area is 78.6 Å². The van der Waals surface area contributed by atoms with Crippen LogP contribution in [-0.4, -0.2) is 12.1 Å². The molecule has 0 rings (SSSR count). The molecule has 12 nitrogen and oxygen atoms in total. The van der Waals surface area contributed by atoms with Gasteiger partial charge in [0.1, 0.15) is 4.91 Å². The van der Waals surface area contributed by atoms with Gasteiger partial charge >= 0.3 is 51.3 Å². The third-order valence-corrected chi connectivity index (χ3v) is 1.02. The molecule has 0 aliphatic rings. The van der Waals surface area contributed by atoms with E-state index in [-0.39, 0.29) is 0 Å². The van der Waals surface area contributed by atoms with Crippen molar-refractivity contribution in [2.24, 2.45) is 11.8 Å². The fourth-order valence-corrected chi connectivity index (χ4v) is 0.370. The summed E-state index contributed by atoms with van der Waals surface area (Å²) in [5.41, 5.74) is 0. The Morgan fingerprint density at radius 2 is 1.31 bits per heavy atom. The van der Waals surface area contributed by atoms with Crippen LogP contribution in [0.1, 0.15) is 0 Å². The molecule has 80 valence electrons. The first-order valence-electron chi connectivity index (χ1n) is 2.03. The van der Waals surface area contributed by atoms with Crippen LogP contribution >= 0.6 is 0 Å². The van der Waals surface area contributed by atoms with Crippen LogP contribution in [0.15, 0.2) is 0 Å². The summed E-state index contributed by atoms with van der Waals surface area (Å²) in [6.07, 6.45) is 0. The zero-order valence-corrected chi connectivity index (χ0v) is 7.94. The van der Waals surface area contributed by atoms with Crippen LogP contribution in [-0.2, 0) is 28.9 Å². The van der Waals surface area contributed by atoms with E-state index in [1.807, 2.05) is 0 Å². The minimum atomic E-state index is -2.06. The second-order valence-corrected chi connectivity index (χ2v) is 2.99. The Morgan fingerprint density at radius 1 is 1.00 bits per heavy atom. The standard InChI is InChI=1S/H4N3O3.2NO2.Pt/c1-5-3(4)6-2;2*2-1-3;/h1-2H2;;;/q+1;;;. The molecule has 0 fully saturated rings. The van der Waals surface area contributed by atoms with Crippen molar-refractivity contribution in [3.8, 4) is 0 Å². The van der Waals surface area contributed by atoms with E-state index in [9.17, 15) is 25.1 Å². The summed E-state index contributed by atoms with van der Waals surface area (Å²) < 4.78 is -1.78. The van der Waals surface area contributed by atoms with Crippen molar-refractivity contribution >= 4 is 0 Å². The first-order chi connectivity index (χ1) is 5.93. The monoisotopic (exact) mass is 381 g/mol. The van der Waals surface area contributed by atoms with E-state index in [1.165, 1.54) is 0 Å². The maximum atomic E-state index is 9.40. The van der Waals surface area contributed by atoms with Crippen molar-refractivity contribution in [1.82, 2.24) is 0 Å². The van der Waals surface area contributed by atoms with E-state index >= 15 is 0 Å². The van der Waals surface area contributed by atoms with Gasteiger partial charge in [-0.2, -0.15) is 0 Å². The molecule has 13 heavy (non-hydrogen) atoms. The first kappa shape index (κ1) is 14.2. The zero-order valence-electron chi connectivity index (χ0n) is 5.67. The Balaban J connectivity index is 0. The molecular weight excluding hydrogens is 377 g/mol. The Morgan fingerprint density at radius 3 is 1.31 bits per heavy atom. The summed E-state index contributed by atoms with van der Waals surface area (Å²) in [5.74, 6) is 8.38. The van der Waals surface area contributed by atoms with Crippen LogP contribution in [0.4, 0.5) is 0 Å². The molecule has 0 spiro atoms. The van der Waals surface area contributed by atoms with Gasteiger partial charge < -0.3 is 0 Å². The van der Waals surface area contributed by atoms with Gasteiger partial charge in [-0.05, 0) is 0 Å². The summed E-state index contributed by atoms with van der Waals surface area (Å²) in [4.78, 5) is 34.5. The van der Waals surface area contributed by atoms with E-state index in [0.29, 0.717) is 0 Å². The molecule has 13 heteroatoms. The van der Waals surface area contributed by atoms with Crippen molar-refractivity contribution in [3.05, 3.63) is 25.1 Å². The molecule has 0 saturated carbocycles. The molecule has 0 aromatic heterocycles. The predicted molar refractivity (Wildman–Crippen MR) is 28.2 cm³/mol. The Kier molecular flexibility index (Phi) is 9.47. The van der Waals surface area contributed by atoms with Crippen LogP contribution in [0.2, 0.25) is 0 Å². The average molecular weight is 381 g/mol. The van der Waals surface area contributed by atoms with Crippen molar-refractivity contribution in [1.29, 1.82) is 0 Å². The summed E-state index contributed by atoms with van der Waals surface area (Å²) in [6, 6.07) is 0. The molecule has 0 aromatic carbocycles. The van der Waals surface area contributed by atoms with Crippen LogP contribution < -0.4 is 11.8 Å². The third-order valence-electron chi connectivity index (χ3n) is 0.275. The van der Waals surface area contributed by atoms with Gasteiger partial charge in [0.05, 0.1) is 0 Å². The zero-order chi connectivity index (χ0) is 10.9. The molecule has 0 saturated heterocycles. The Hall–Kier alpha value is -1.39. The predicted octanol–water partition coefficient (Wildman–Crippen LogP) is -2.17. The van der Waals surface area contributed by atoms with Gasteiger partial charge in [-0.1, -0.05) is 21.7 Å². The second-order valence-electron chi connectivity index (χ2n) is 0.878. The van der Waals surface area contributed by atoms with Gasteiger partial charge in [0.25, 0.3) is 0 Å². The molecule has 0 unspecified atom stereocenters. The quantitative estimate of drug-likeness (QED) is 0.405. The fourth-order valence-electron chi connectivity index (χ4n) is 0.0670. The fraction of sp³-hybridized carbons (Fsp3) is 0. The number of nitrogens with two attached hydrogens (primary N) is 2. The Bertz CT molecular complexity index is 171. The van der Waals surface area contributed by atoms with Gasteiger partial charge in [-0.15, -0.1) is 0 Å². The molecule has 0 heterocycles. The summed E-state index contributed by atoms with van der Waals surface area (Å²) in [6.45, 7) is 0. The topological polar surface area (TPSA) is 177 Å². The van der Waals surface area contributed by atoms with Gasteiger partial charge in [0.15, 0.2) is 0 Å².